The Morgan fingerprint density at radius 1 is 1.50 bits per heavy atom. The molecule has 0 aromatic rings. The van der Waals surface area contributed by atoms with Crippen LogP contribution >= 0.6 is 0 Å². The molecule has 0 saturated carbocycles. The molecule has 0 fully saturated rings. The van der Waals surface area contributed by atoms with Crippen molar-refractivity contribution in [3.05, 3.63) is 24.9 Å². The van der Waals surface area contributed by atoms with Crippen molar-refractivity contribution in [3.8, 4) is 0 Å². The second kappa shape index (κ2) is 6.84. The van der Waals surface area contributed by atoms with E-state index in [2.05, 4.69) is 32.3 Å². The molecule has 0 radical (unpaired) electrons. The first-order chi connectivity index (χ1) is 5.72. The predicted octanol–water partition coefficient (Wildman–Crippen LogP) is 3.58. The minimum Gasteiger partial charge on any atom is -0.265 e. The number of rotatable bonds is 5. The van der Waals surface area contributed by atoms with Gasteiger partial charge in [-0.25, -0.2) is 0 Å². The topological polar surface area (TPSA) is 12.4 Å². The highest BCUT2D eigenvalue weighted by Crippen LogP contribution is 2.04. The van der Waals surface area contributed by atoms with Gasteiger partial charge in [-0.1, -0.05) is 39.8 Å². The Kier molecular flexibility index (Phi) is 6.35. The molecule has 0 spiro atoms. The van der Waals surface area contributed by atoms with Gasteiger partial charge >= 0.3 is 0 Å². The lowest BCUT2D eigenvalue weighted by Gasteiger charge is -2.06. The van der Waals surface area contributed by atoms with Crippen LogP contribution in [0.25, 0.3) is 0 Å². The number of nitrogens with zero attached hydrogens (tertiary/aromatic N) is 1. The molecule has 0 aromatic carbocycles. The molecule has 0 atom stereocenters. The summed E-state index contributed by atoms with van der Waals surface area (Å²) in [6.45, 7) is 10.1. The van der Waals surface area contributed by atoms with Gasteiger partial charge in [0, 0.05) is 11.9 Å². The van der Waals surface area contributed by atoms with E-state index in [1.54, 1.807) is 6.08 Å². The molecule has 0 aromatic heterocycles. The monoisotopic (exact) mass is 165 g/mol. The lowest BCUT2D eigenvalue weighted by Crippen LogP contribution is -2.05. The van der Waals surface area contributed by atoms with E-state index < -0.39 is 0 Å². The molecule has 0 saturated heterocycles. The van der Waals surface area contributed by atoms with Crippen LogP contribution in [0.2, 0.25) is 0 Å². The first kappa shape index (κ1) is 11.2. The minimum atomic E-state index is 0.555. The fraction of sp³-hybridized carbons (Fsp3) is 0.545. The highest BCUT2D eigenvalue weighted by atomic mass is 14.7. The lowest BCUT2D eigenvalue weighted by atomic mass is 10.0. The Labute approximate surface area is 75.9 Å². The van der Waals surface area contributed by atoms with Crippen LogP contribution in [-0.2, 0) is 0 Å². The Bertz CT molecular complexity index is 175. The summed E-state index contributed by atoms with van der Waals surface area (Å²) in [6, 6.07) is 0. The number of aliphatic imine (C=N–C) groups is 1. The number of hydrogen-bond donors (Lipinski definition) is 0. The molecule has 1 heteroatoms. The van der Waals surface area contributed by atoms with Gasteiger partial charge in [-0.3, -0.25) is 4.99 Å². The van der Waals surface area contributed by atoms with E-state index in [9.17, 15) is 0 Å². The largest absolute Gasteiger partial charge is 0.265 e. The maximum atomic E-state index is 4.37. The van der Waals surface area contributed by atoms with Gasteiger partial charge in [0.05, 0.1) is 0 Å². The molecule has 0 aliphatic rings. The van der Waals surface area contributed by atoms with Gasteiger partial charge in [-0.15, -0.1) is 0 Å². The van der Waals surface area contributed by atoms with Crippen molar-refractivity contribution < 1.29 is 0 Å². The van der Waals surface area contributed by atoms with E-state index in [1.807, 2.05) is 12.3 Å². The molecular formula is C11H19N. The van der Waals surface area contributed by atoms with Crippen LogP contribution in [0.1, 0.15) is 33.6 Å². The highest BCUT2D eigenvalue weighted by molar-refractivity contribution is 5.86. The second-order valence-corrected chi connectivity index (χ2v) is 3.10. The Hall–Kier alpha value is -0.850. The quantitative estimate of drug-likeness (QED) is 0.436. The van der Waals surface area contributed by atoms with Crippen LogP contribution in [0.15, 0.2) is 29.9 Å². The summed E-state index contributed by atoms with van der Waals surface area (Å²) in [6.07, 6.45) is 7.68. The van der Waals surface area contributed by atoms with Crippen molar-refractivity contribution >= 4 is 5.71 Å². The van der Waals surface area contributed by atoms with Crippen LogP contribution < -0.4 is 0 Å². The Morgan fingerprint density at radius 3 is 2.58 bits per heavy atom. The lowest BCUT2D eigenvalue weighted by molar-refractivity contribution is 0.828. The standard InChI is InChI=1S/C11H19N/c1-5-7-9-12-11(8-6-2)10(3)4/h5,7,9-10H,1,6,8H2,2-4H3/b9-7-,12-11+. The smallest absolute Gasteiger partial charge is 0.0267 e. The van der Waals surface area contributed by atoms with Gasteiger partial charge in [0.2, 0.25) is 0 Å². The van der Waals surface area contributed by atoms with Crippen molar-refractivity contribution in [2.24, 2.45) is 10.9 Å². The summed E-state index contributed by atoms with van der Waals surface area (Å²) in [5.41, 5.74) is 1.27. The molecule has 0 unspecified atom stereocenters. The molecule has 68 valence electrons. The van der Waals surface area contributed by atoms with Gasteiger partial charge < -0.3 is 0 Å². The summed E-state index contributed by atoms with van der Waals surface area (Å²) >= 11 is 0. The van der Waals surface area contributed by atoms with Crippen molar-refractivity contribution in [2.45, 2.75) is 33.6 Å². The zero-order valence-electron chi connectivity index (χ0n) is 8.38. The van der Waals surface area contributed by atoms with E-state index in [1.165, 1.54) is 12.1 Å². The van der Waals surface area contributed by atoms with Crippen LogP contribution in [0.5, 0.6) is 0 Å². The molecule has 0 amide bonds. The maximum Gasteiger partial charge on any atom is 0.0267 e. The molecule has 0 aliphatic carbocycles. The van der Waals surface area contributed by atoms with Crippen LogP contribution in [-0.4, -0.2) is 5.71 Å². The normalized spacial score (nSPS) is 12.8. The van der Waals surface area contributed by atoms with E-state index in [-0.39, 0.29) is 0 Å². The molecule has 1 nitrogen and oxygen atoms in total. The van der Waals surface area contributed by atoms with Gasteiger partial charge in [0.1, 0.15) is 0 Å². The van der Waals surface area contributed by atoms with Crippen LogP contribution in [0.4, 0.5) is 0 Å². The summed E-state index contributed by atoms with van der Waals surface area (Å²) in [7, 11) is 0. The predicted molar refractivity (Wildman–Crippen MR) is 56.5 cm³/mol. The highest BCUT2D eigenvalue weighted by Gasteiger charge is 2.01. The van der Waals surface area contributed by atoms with E-state index in [0.717, 1.165) is 6.42 Å². The number of hydrogen-bond acceptors (Lipinski definition) is 1. The van der Waals surface area contributed by atoms with Crippen molar-refractivity contribution in [3.63, 3.8) is 0 Å². The Morgan fingerprint density at radius 2 is 2.17 bits per heavy atom. The number of allylic oxidation sites excluding steroid dienone is 2. The molecular weight excluding hydrogens is 146 g/mol. The molecule has 0 rings (SSSR count). The average molecular weight is 165 g/mol. The molecule has 0 aliphatic heterocycles. The van der Waals surface area contributed by atoms with Gasteiger partial charge in [-0.05, 0) is 18.4 Å². The van der Waals surface area contributed by atoms with E-state index in [4.69, 9.17) is 0 Å². The fourth-order valence-corrected chi connectivity index (χ4v) is 0.958. The van der Waals surface area contributed by atoms with Gasteiger partial charge in [0.25, 0.3) is 0 Å². The third-order valence-corrected chi connectivity index (χ3v) is 1.64. The first-order valence-electron chi connectivity index (χ1n) is 4.56. The summed E-state index contributed by atoms with van der Waals surface area (Å²) < 4.78 is 0. The second-order valence-electron chi connectivity index (χ2n) is 3.10. The molecule has 0 N–H and O–H groups in total. The van der Waals surface area contributed by atoms with E-state index in [0.29, 0.717) is 5.92 Å². The maximum absolute atomic E-state index is 4.37. The SMILES string of the molecule is C=C/C=C\N=C(/CCC)C(C)C. The van der Waals surface area contributed by atoms with Crippen LogP contribution in [0, 0.1) is 5.92 Å². The summed E-state index contributed by atoms with van der Waals surface area (Å²) in [5.74, 6) is 0.555. The molecule has 0 heterocycles. The van der Waals surface area contributed by atoms with Crippen molar-refractivity contribution in [1.82, 2.24) is 0 Å². The first-order valence-corrected chi connectivity index (χ1v) is 4.56. The minimum absolute atomic E-state index is 0.555. The zero-order chi connectivity index (χ0) is 9.40. The average Bonchev–Trinajstić information content (AvgIpc) is 2.03. The van der Waals surface area contributed by atoms with Crippen molar-refractivity contribution in [1.29, 1.82) is 0 Å². The third kappa shape index (κ3) is 4.89. The van der Waals surface area contributed by atoms with Gasteiger partial charge in [0.15, 0.2) is 0 Å². The summed E-state index contributed by atoms with van der Waals surface area (Å²) in [5, 5.41) is 0. The zero-order valence-corrected chi connectivity index (χ0v) is 8.38. The van der Waals surface area contributed by atoms with Crippen molar-refractivity contribution in [2.75, 3.05) is 0 Å². The summed E-state index contributed by atoms with van der Waals surface area (Å²) in [4.78, 5) is 4.37. The van der Waals surface area contributed by atoms with Gasteiger partial charge in [-0.2, -0.15) is 0 Å². The third-order valence-electron chi connectivity index (χ3n) is 1.64. The molecule has 0 bridgehead atoms. The van der Waals surface area contributed by atoms with Crippen LogP contribution in [0.3, 0.4) is 0 Å². The van der Waals surface area contributed by atoms with E-state index >= 15 is 0 Å². The molecule has 12 heavy (non-hydrogen) atoms. The Balaban J connectivity index is 4.17. The fourth-order valence-electron chi connectivity index (χ4n) is 0.958.